The van der Waals surface area contributed by atoms with Gasteiger partial charge in [0, 0.05) is 23.4 Å². The minimum atomic E-state index is -0.360. The van der Waals surface area contributed by atoms with Crippen LogP contribution in [0.2, 0.25) is 0 Å². The Morgan fingerprint density at radius 3 is 2.48 bits per heavy atom. The molecule has 5 nitrogen and oxygen atoms in total. The predicted octanol–water partition coefficient (Wildman–Crippen LogP) is 4.55. The van der Waals surface area contributed by atoms with Gasteiger partial charge in [0.1, 0.15) is 0 Å². The summed E-state index contributed by atoms with van der Waals surface area (Å²) >= 11 is 0. The molecule has 2 amide bonds. The summed E-state index contributed by atoms with van der Waals surface area (Å²) < 4.78 is 0. The topological polar surface area (TPSA) is 66.9 Å². The molecule has 4 aromatic rings. The number of nitrogens with zero attached hydrogens (tertiary/aromatic N) is 2. The highest BCUT2D eigenvalue weighted by Crippen LogP contribution is 2.37. The summed E-state index contributed by atoms with van der Waals surface area (Å²) in [6.07, 6.45) is 3.50. The molecule has 0 fully saturated rings. The maximum atomic E-state index is 12.5. The summed E-state index contributed by atoms with van der Waals surface area (Å²) in [6, 6.07) is 25.2. The van der Waals surface area contributed by atoms with E-state index in [4.69, 9.17) is 4.98 Å². The normalized spacial score (nSPS) is 16.4. The molecule has 2 N–H and O–H groups in total. The number of hydrogen-bond acceptors (Lipinski definition) is 3. The second kappa shape index (κ2) is 7.20. The van der Waals surface area contributed by atoms with E-state index in [1.165, 1.54) is 0 Å². The van der Waals surface area contributed by atoms with Crippen LogP contribution in [0.1, 0.15) is 22.9 Å². The zero-order chi connectivity index (χ0) is 19.6. The number of amides is 2. The van der Waals surface area contributed by atoms with E-state index in [-0.39, 0.29) is 12.1 Å². The Morgan fingerprint density at radius 1 is 0.828 bits per heavy atom. The monoisotopic (exact) mass is 378 g/mol. The quantitative estimate of drug-likeness (QED) is 0.549. The van der Waals surface area contributed by atoms with Crippen LogP contribution >= 0.6 is 0 Å². The van der Waals surface area contributed by atoms with Gasteiger partial charge in [-0.3, -0.25) is 4.98 Å². The molecule has 0 saturated heterocycles. The molecule has 3 heterocycles. The van der Waals surface area contributed by atoms with Gasteiger partial charge in [0.2, 0.25) is 0 Å². The first kappa shape index (κ1) is 17.1. The fourth-order valence-electron chi connectivity index (χ4n) is 3.69. The van der Waals surface area contributed by atoms with E-state index in [9.17, 15) is 4.79 Å². The molecule has 140 valence electrons. The number of aromatic nitrogens is 2. The first-order valence-corrected chi connectivity index (χ1v) is 9.43. The lowest BCUT2D eigenvalue weighted by molar-refractivity contribution is 0.242. The van der Waals surface area contributed by atoms with Crippen LogP contribution in [0.3, 0.4) is 0 Å². The van der Waals surface area contributed by atoms with Crippen LogP contribution < -0.4 is 10.6 Å². The third-order valence-electron chi connectivity index (χ3n) is 5.03. The molecule has 0 unspecified atom stereocenters. The number of para-hydroxylation sites is 1. The van der Waals surface area contributed by atoms with Gasteiger partial charge in [0.25, 0.3) is 0 Å². The van der Waals surface area contributed by atoms with Crippen molar-refractivity contribution >= 4 is 28.2 Å². The van der Waals surface area contributed by atoms with Crippen molar-refractivity contribution in [1.82, 2.24) is 20.6 Å². The summed E-state index contributed by atoms with van der Waals surface area (Å²) in [7, 11) is 0. The van der Waals surface area contributed by atoms with Crippen LogP contribution in [0.15, 0.2) is 91.3 Å². The molecule has 1 aliphatic heterocycles. The average molecular weight is 378 g/mol. The molecule has 1 aliphatic rings. The largest absolute Gasteiger partial charge is 0.327 e. The Kier molecular flexibility index (Phi) is 4.26. The second-order valence-electron chi connectivity index (χ2n) is 6.86. The minimum absolute atomic E-state index is 0.248. The zero-order valence-electron chi connectivity index (χ0n) is 15.5. The Labute approximate surface area is 168 Å². The smallest absolute Gasteiger partial charge is 0.320 e. The minimum Gasteiger partial charge on any atom is -0.327 e. The van der Waals surface area contributed by atoms with E-state index in [0.29, 0.717) is 0 Å². The molecule has 0 bridgehead atoms. The van der Waals surface area contributed by atoms with Gasteiger partial charge in [-0.05, 0) is 29.3 Å². The first-order valence-electron chi connectivity index (χ1n) is 9.43. The van der Waals surface area contributed by atoms with Crippen molar-refractivity contribution in [1.29, 1.82) is 0 Å². The van der Waals surface area contributed by atoms with Crippen molar-refractivity contribution in [3.8, 4) is 0 Å². The molecule has 5 heteroatoms. The van der Waals surface area contributed by atoms with E-state index in [1.54, 1.807) is 12.4 Å². The number of fused-ring (bicyclic) bond motifs is 1. The van der Waals surface area contributed by atoms with Crippen molar-refractivity contribution in [2.24, 2.45) is 0 Å². The molecule has 2 aromatic carbocycles. The van der Waals surface area contributed by atoms with Crippen LogP contribution in [-0.2, 0) is 0 Å². The fraction of sp³-hybridized carbons (Fsp3) is 0.0417. The van der Waals surface area contributed by atoms with Gasteiger partial charge in [-0.1, -0.05) is 60.7 Å². The predicted molar refractivity (Wildman–Crippen MR) is 114 cm³/mol. The number of carbonyl (C=O) groups excluding carboxylic acids is 1. The fourth-order valence-corrected chi connectivity index (χ4v) is 3.69. The standard InChI is InChI=1S/C24H18N4O/c29-24-27-22(17-8-2-1-3-9-17)21(23(28-24)18-10-6-14-25-15-18)20-13-12-16-7-4-5-11-19(16)26-20/h1-15,23H,(H2,27,28,29)/t23-/m1/s1. The number of pyridine rings is 2. The molecule has 0 spiro atoms. The summed E-state index contributed by atoms with van der Waals surface area (Å²) in [6.45, 7) is 0. The molecule has 0 radical (unpaired) electrons. The Morgan fingerprint density at radius 2 is 1.66 bits per heavy atom. The Hall–Kier alpha value is -3.99. The number of carbonyl (C=O) groups is 1. The van der Waals surface area contributed by atoms with Gasteiger partial charge in [0.15, 0.2) is 0 Å². The molecule has 5 rings (SSSR count). The van der Waals surface area contributed by atoms with Gasteiger partial charge in [-0.15, -0.1) is 0 Å². The average Bonchev–Trinajstić information content (AvgIpc) is 2.79. The van der Waals surface area contributed by atoms with Gasteiger partial charge in [-0.2, -0.15) is 0 Å². The van der Waals surface area contributed by atoms with Gasteiger partial charge in [-0.25, -0.2) is 9.78 Å². The first-order chi connectivity index (χ1) is 14.3. The van der Waals surface area contributed by atoms with Gasteiger partial charge >= 0.3 is 6.03 Å². The van der Waals surface area contributed by atoms with Crippen LogP contribution in [0.25, 0.3) is 22.2 Å². The summed E-state index contributed by atoms with van der Waals surface area (Å²) in [4.78, 5) is 21.7. The number of rotatable bonds is 3. The van der Waals surface area contributed by atoms with Crippen LogP contribution in [0.4, 0.5) is 4.79 Å². The van der Waals surface area contributed by atoms with E-state index in [0.717, 1.165) is 39.0 Å². The van der Waals surface area contributed by atoms with Crippen LogP contribution in [0.5, 0.6) is 0 Å². The highest BCUT2D eigenvalue weighted by atomic mass is 16.2. The molecule has 0 saturated carbocycles. The van der Waals surface area contributed by atoms with E-state index < -0.39 is 0 Å². The molecule has 1 atom stereocenters. The number of hydrogen-bond donors (Lipinski definition) is 2. The summed E-state index contributed by atoms with van der Waals surface area (Å²) in [5, 5.41) is 7.11. The molecule has 29 heavy (non-hydrogen) atoms. The second-order valence-corrected chi connectivity index (χ2v) is 6.86. The van der Waals surface area contributed by atoms with E-state index >= 15 is 0 Å². The van der Waals surface area contributed by atoms with Crippen molar-refractivity contribution < 1.29 is 4.79 Å². The van der Waals surface area contributed by atoms with Crippen LogP contribution in [0, 0.1) is 0 Å². The number of urea groups is 1. The maximum Gasteiger partial charge on any atom is 0.320 e. The molecular weight excluding hydrogens is 360 g/mol. The highest BCUT2D eigenvalue weighted by molar-refractivity contribution is 6.03. The summed E-state index contributed by atoms with van der Waals surface area (Å²) in [5.74, 6) is 0. The van der Waals surface area contributed by atoms with E-state index in [1.807, 2.05) is 72.8 Å². The SMILES string of the molecule is O=C1NC(c2ccccc2)=C(c2ccc3ccccc3n2)[C@@H](c2cccnc2)N1. The number of benzene rings is 2. The Bertz CT molecular complexity index is 1220. The van der Waals surface area contributed by atoms with Crippen molar-refractivity contribution in [2.45, 2.75) is 6.04 Å². The number of nitrogens with one attached hydrogen (secondary N) is 2. The lowest BCUT2D eigenvalue weighted by atomic mass is 9.91. The summed E-state index contributed by atoms with van der Waals surface area (Å²) in [5.41, 5.74) is 5.22. The highest BCUT2D eigenvalue weighted by Gasteiger charge is 2.31. The van der Waals surface area contributed by atoms with Gasteiger partial charge < -0.3 is 10.6 Å². The zero-order valence-corrected chi connectivity index (χ0v) is 15.5. The van der Waals surface area contributed by atoms with Gasteiger partial charge in [0.05, 0.1) is 22.9 Å². The maximum absolute atomic E-state index is 12.5. The third-order valence-corrected chi connectivity index (χ3v) is 5.03. The van der Waals surface area contributed by atoms with Crippen LogP contribution in [-0.4, -0.2) is 16.0 Å². The lowest BCUT2D eigenvalue weighted by Crippen LogP contribution is -2.43. The molecular formula is C24H18N4O. The van der Waals surface area contributed by atoms with Crippen molar-refractivity contribution in [3.63, 3.8) is 0 Å². The van der Waals surface area contributed by atoms with E-state index in [2.05, 4.69) is 21.7 Å². The molecule has 0 aliphatic carbocycles. The molecule has 2 aromatic heterocycles. The Balaban J connectivity index is 1.78. The van der Waals surface area contributed by atoms with Crippen molar-refractivity contribution in [2.75, 3.05) is 0 Å². The van der Waals surface area contributed by atoms with Crippen molar-refractivity contribution in [3.05, 3.63) is 108 Å². The lowest BCUT2D eigenvalue weighted by Gasteiger charge is -2.30. The third kappa shape index (κ3) is 3.23.